The topological polar surface area (TPSA) is 102 Å². The van der Waals surface area contributed by atoms with Gasteiger partial charge in [0.05, 0.1) is 4.90 Å². The molecule has 0 aliphatic heterocycles. The minimum absolute atomic E-state index is 0.129. The SMILES string of the molecule is CCNC(=NCCCn1ccc2ccccc21)NCCc1ccc(S(N)(=O)=O)cc1. The van der Waals surface area contributed by atoms with Crippen LogP contribution < -0.4 is 15.8 Å². The number of hydrogen-bond acceptors (Lipinski definition) is 3. The van der Waals surface area contributed by atoms with Gasteiger partial charge in [-0.1, -0.05) is 30.3 Å². The number of nitrogens with one attached hydrogen (secondary N) is 2. The zero-order chi connectivity index (χ0) is 21.4. The summed E-state index contributed by atoms with van der Waals surface area (Å²) in [4.78, 5) is 4.79. The number of primary sulfonamides is 1. The zero-order valence-corrected chi connectivity index (χ0v) is 18.0. The number of guanidine groups is 1. The summed E-state index contributed by atoms with van der Waals surface area (Å²) in [5, 5.41) is 13.0. The molecule has 3 aromatic rings. The van der Waals surface area contributed by atoms with Crippen LogP contribution in [0.3, 0.4) is 0 Å². The van der Waals surface area contributed by atoms with Gasteiger partial charge in [-0.3, -0.25) is 4.99 Å². The fourth-order valence-electron chi connectivity index (χ4n) is 3.28. The van der Waals surface area contributed by atoms with Crippen LogP contribution in [0.1, 0.15) is 18.9 Å². The fourth-order valence-corrected chi connectivity index (χ4v) is 3.80. The monoisotopic (exact) mass is 427 g/mol. The predicted octanol–water partition coefficient (Wildman–Crippen LogP) is 2.48. The van der Waals surface area contributed by atoms with E-state index in [1.807, 2.05) is 6.92 Å². The second-order valence-electron chi connectivity index (χ2n) is 7.05. The molecule has 0 saturated carbocycles. The van der Waals surface area contributed by atoms with E-state index in [9.17, 15) is 8.42 Å². The minimum Gasteiger partial charge on any atom is -0.357 e. The van der Waals surface area contributed by atoms with E-state index in [1.165, 1.54) is 23.0 Å². The second kappa shape index (κ2) is 10.3. The Hall–Kier alpha value is -2.84. The number of nitrogens with zero attached hydrogens (tertiary/aromatic N) is 2. The summed E-state index contributed by atoms with van der Waals surface area (Å²) >= 11 is 0. The Morgan fingerprint density at radius 3 is 2.57 bits per heavy atom. The molecule has 0 aliphatic carbocycles. The zero-order valence-electron chi connectivity index (χ0n) is 17.2. The third kappa shape index (κ3) is 6.08. The molecule has 4 N–H and O–H groups in total. The van der Waals surface area contributed by atoms with E-state index in [0.29, 0.717) is 6.54 Å². The Balaban J connectivity index is 1.47. The van der Waals surface area contributed by atoms with Crippen molar-refractivity contribution in [2.75, 3.05) is 19.6 Å². The summed E-state index contributed by atoms with van der Waals surface area (Å²) in [6.45, 7) is 5.17. The van der Waals surface area contributed by atoms with E-state index < -0.39 is 10.0 Å². The van der Waals surface area contributed by atoms with E-state index in [0.717, 1.165) is 44.0 Å². The van der Waals surface area contributed by atoms with E-state index >= 15 is 0 Å². The lowest BCUT2D eigenvalue weighted by atomic mass is 10.1. The van der Waals surface area contributed by atoms with Crippen LogP contribution in [0.25, 0.3) is 10.9 Å². The lowest BCUT2D eigenvalue weighted by molar-refractivity contribution is 0.598. The first-order valence-corrected chi connectivity index (χ1v) is 11.7. The van der Waals surface area contributed by atoms with Crippen LogP contribution in [0.15, 0.2) is 70.7 Å². The highest BCUT2D eigenvalue weighted by Gasteiger charge is 2.06. The van der Waals surface area contributed by atoms with Crippen molar-refractivity contribution in [1.82, 2.24) is 15.2 Å². The number of aliphatic imine (C=N–C) groups is 1. The normalized spacial score (nSPS) is 12.3. The van der Waals surface area contributed by atoms with Crippen LogP contribution in [-0.4, -0.2) is 38.6 Å². The molecule has 0 atom stereocenters. The van der Waals surface area contributed by atoms with Crippen molar-refractivity contribution in [3.8, 4) is 0 Å². The molecule has 8 heteroatoms. The summed E-state index contributed by atoms with van der Waals surface area (Å²) in [6.07, 6.45) is 3.83. The fraction of sp³-hybridized carbons (Fsp3) is 0.318. The number of benzene rings is 2. The van der Waals surface area contributed by atoms with E-state index in [2.05, 4.69) is 56.7 Å². The predicted molar refractivity (Wildman–Crippen MR) is 122 cm³/mol. The van der Waals surface area contributed by atoms with E-state index in [-0.39, 0.29) is 4.90 Å². The van der Waals surface area contributed by atoms with Gasteiger partial charge in [-0.05, 0) is 55.0 Å². The molecule has 2 aromatic carbocycles. The molecule has 3 rings (SSSR count). The number of aryl methyl sites for hydroxylation is 1. The smallest absolute Gasteiger partial charge is 0.238 e. The van der Waals surface area contributed by atoms with Crippen molar-refractivity contribution in [1.29, 1.82) is 0 Å². The van der Waals surface area contributed by atoms with Crippen LogP contribution >= 0.6 is 0 Å². The Morgan fingerprint density at radius 1 is 1.07 bits per heavy atom. The Bertz CT molecular complexity index is 1090. The number of para-hydroxylation sites is 1. The number of aromatic nitrogens is 1. The highest BCUT2D eigenvalue weighted by molar-refractivity contribution is 7.89. The molecule has 0 unspecified atom stereocenters. The molecular formula is C22H29N5O2S. The molecule has 7 nitrogen and oxygen atoms in total. The standard InChI is InChI=1S/C22H29N5O2S/c1-2-24-22(26-15-12-18-8-10-20(11-9-18)30(23,28)29)25-14-5-16-27-17-13-19-6-3-4-7-21(19)27/h3-4,6-11,13,17H,2,5,12,14-16H2,1H3,(H2,23,28,29)(H2,24,25,26). The Labute approximate surface area is 178 Å². The average Bonchev–Trinajstić information content (AvgIpc) is 3.14. The molecule has 1 heterocycles. The van der Waals surface area contributed by atoms with Gasteiger partial charge < -0.3 is 15.2 Å². The first-order valence-electron chi connectivity index (χ1n) is 10.1. The lowest BCUT2D eigenvalue weighted by Crippen LogP contribution is -2.38. The molecule has 0 saturated heterocycles. The molecular weight excluding hydrogens is 398 g/mol. The average molecular weight is 428 g/mol. The maximum atomic E-state index is 11.3. The van der Waals surface area contributed by atoms with Gasteiger partial charge >= 0.3 is 0 Å². The number of sulfonamides is 1. The molecule has 0 fully saturated rings. The molecule has 1 aromatic heterocycles. The number of rotatable bonds is 9. The molecule has 160 valence electrons. The van der Waals surface area contributed by atoms with Crippen LogP contribution in [0.2, 0.25) is 0 Å². The summed E-state index contributed by atoms with van der Waals surface area (Å²) < 4.78 is 24.9. The first kappa shape index (κ1) is 21.9. The quantitative estimate of drug-likeness (QED) is 0.277. The molecule has 0 spiro atoms. The third-order valence-corrected chi connectivity index (χ3v) is 5.74. The van der Waals surface area contributed by atoms with Gasteiger partial charge in [0.25, 0.3) is 0 Å². The highest BCUT2D eigenvalue weighted by atomic mass is 32.2. The molecule has 0 aliphatic rings. The van der Waals surface area contributed by atoms with E-state index in [1.54, 1.807) is 12.1 Å². The minimum atomic E-state index is -3.65. The van der Waals surface area contributed by atoms with Crippen molar-refractivity contribution in [2.24, 2.45) is 10.1 Å². The van der Waals surface area contributed by atoms with Crippen molar-refractivity contribution in [3.05, 3.63) is 66.4 Å². The molecule has 0 amide bonds. The molecule has 0 bridgehead atoms. The Morgan fingerprint density at radius 2 is 1.83 bits per heavy atom. The van der Waals surface area contributed by atoms with Crippen LogP contribution in [0, 0.1) is 0 Å². The lowest BCUT2D eigenvalue weighted by Gasteiger charge is -2.12. The maximum Gasteiger partial charge on any atom is 0.238 e. The number of fused-ring (bicyclic) bond motifs is 1. The third-order valence-electron chi connectivity index (χ3n) is 4.81. The summed E-state index contributed by atoms with van der Waals surface area (Å²) in [5.74, 6) is 0.788. The van der Waals surface area contributed by atoms with Crippen molar-refractivity contribution >= 4 is 26.9 Å². The van der Waals surface area contributed by atoms with Crippen LogP contribution in [0.4, 0.5) is 0 Å². The molecule has 0 radical (unpaired) electrons. The second-order valence-corrected chi connectivity index (χ2v) is 8.61. The Kier molecular flexibility index (Phi) is 7.48. The van der Waals surface area contributed by atoms with Crippen molar-refractivity contribution in [2.45, 2.75) is 31.2 Å². The van der Waals surface area contributed by atoms with Gasteiger partial charge in [-0.2, -0.15) is 0 Å². The summed E-state index contributed by atoms with van der Waals surface area (Å²) in [7, 11) is -3.65. The number of hydrogen-bond donors (Lipinski definition) is 3. The van der Waals surface area contributed by atoms with Crippen LogP contribution in [-0.2, 0) is 23.0 Å². The van der Waals surface area contributed by atoms with Crippen molar-refractivity contribution < 1.29 is 8.42 Å². The summed E-state index contributed by atoms with van der Waals surface area (Å²) in [6, 6.07) is 17.2. The van der Waals surface area contributed by atoms with Crippen molar-refractivity contribution in [3.63, 3.8) is 0 Å². The largest absolute Gasteiger partial charge is 0.357 e. The van der Waals surface area contributed by atoms with Gasteiger partial charge in [0.15, 0.2) is 5.96 Å². The first-order chi connectivity index (χ1) is 14.5. The highest BCUT2D eigenvalue weighted by Crippen LogP contribution is 2.15. The van der Waals surface area contributed by atoms with Crippen LogP contribution in [0.5, 0.6) is 0 Å². The van der Waals surface area contributed by atoms with Gasteiger partial charge in [0.1, 0.15) is 0 Å². The molecule has 30 heavy (non-hydrogen) atoms. The van der Waals surface area contributed by atoms with Gasteiger partial charge in [-0.25, -0.2) is 13.6 Å². The number of nitrogens with two attached hydrogens (primary N) is 1. The van der Waals surface area contributed by atoms with Gasteiger partial charge in [0.2, 0.25) is 10.0 Å². The van der Waals surface area contributed by atoms with E-state index in [4.69, 9.17) is 5.14 Å². The maximum absolute atomic E-state index is 11.3. The van der Waals surface area contributed by atoms with Gasteiger partial charge in [-0.15, -0.1) is 0 Å². The van der Waals surface area contributed by atoms with Gasteiger partial charge in [0, 0.05) is 37.9 Å². The summed E-state index contributed by atoms with van der Waals surface area (Å²) in [5.41, 5.74) is 2.28.